The van der Waals surface area contributed by atoms with Crippen LogP contribution in [0.1, 0.15) is 10.4 Å². The molecule has 0 aliphatic rings. The van der Waals surface area contributed by atoms with Gasteiger partial charge in [0, 0.05) is 5.02 Å². The zero-order valence-electron chi connectivity index (χ0n) is 8.76. The Morgan fingerprint density at radius 1 is 1.06 bits per heavy atom. The van der Waals surface area contributed by atoms with Gasteiger partial charge in [-0.3, -0.25) is 4.89 Å². The highest BCUT2D eigenvalue weighted by Gasteiger charge is 2.13. The second-order valence-electron chi connectivity index (χ2n) is 3.43. The van der Waals surface area contributed by atoms with Gasteiger partial charge in [0.15, 0.2) is 0 Å². The summed E-state index contributed by atoms with van der Waals surface area (Å²) in [5.41, 5.74) is 1.82. The molecule has 0 unspecified atom stereocenters. The van der Waals surface area contributed by atoms with Crippen LogP contribution in [-0.4, -0.2) is 11.2 Å². The Labute approximate surface area is 103 Å². The van der Waals surface area contributed by atoms with E-state index in [-0.39, 0.29) is 0 Å². The first-order valence-electron chi connectivity index (χ1n) is 4.93. The van der Waals surface area contributed by atoms with Crippen LogP contribution in [0.3, 0.4) is 0 Å². The van der Waals surface area contributed by atoms with E-state index in [0.29, 0.717) is 16.1 Å². The van der Waals surface area contributed by atoms with E-state index in [4.69, 9.17) is 16.9 Å². The maximum atomic E-state index is 11.4. The molecule has 0 aromatic heterocycles. The molecule has 86 valence electrons. The molecule has 2 aromatic rings. The first-order valence-corrected chi connectivity index (χ1v) is 5.31. The zero-order valence-corrected chi connectivity index (χ0v) is 9.52. The summed E-state index contributed by atoms with van der Waals surface area (Å²) in [6.07, 6.45) is 0. The second kappa shape index (κ2) is 4.99. The lowest BCUT2D eigenvalue weighted by molar-refractivity contribution is -0.182. The molecule has 0 aliphatic carbocycles. The van der Waals surface area contributed by atoms with Gasteiger partial charge in [-0.05, 0) is 29.3 Å². The van der Waals surface area contributed by atoms with Crippen LogP contribution in [0.5, 0.6) is 0 Å². The van der Waals surface area contributed by atoms with Crippen molar-refractivity contribution in [3.8, 4) is 11.1 Å². The molecule has 17 heavy (non-hydrogen) atoms. The maximum Gasteiger partial charge on any atom is 0.373 e. The highest BCUT2D eigenvalue weighted by atomic mass is 35.5. The number of carbonyl (C=O) groups excluding carboxylic acids is 1. The first-order chi connectivity index (χ1) is 8.22. The van der Waals surface area contributed by atoms with E-state index in [2.05, 4.69) is 4.89 Å². The number of halogens is 1. The van der Waals surface area contributed by atoms with Crippen molar-refractivity contribution in [1.29, 1.82) is 0 Å². The smallest absolute Gasteiger partial charge is 0.295 e. The molecule has 2 rings (SSSR count). The molecule has 0 saturated heterocycles. The van der Waals surface area contributed by atoms with Gasteiger partial charge >= 0.3 is 5.97 Å². The molecular weight excluding hydrogens is 240 g/mol. The molecular formula is C13H9ClO3. The number of benzene rings is 2. The minimum absolute atomic E-state index is 0.303. The van der Waals surface area contributed by atoms with Gasteiger partial charge in [-0.1, -0.05) is 41.9 Å². The minimum atomic E-state index is -0.782. The second-order valence-corrected chi connectivity index (χ2v) is 3.87. The lowest BCUT2D eigenvalue weighted by atomic mass is 10.00. The van der Waals surface area contributed by atoms with E-state index in [0.717, 1.165) is 5.56 Å². The lowest BCUT2D eigenvalue weighted by Crippen LogP contribution is -2.03. The predicted molar refractivity (Wildman–Crippen MR) is 64.9 cm³/mol. The van der Waals surface area contributed by atoms with Gasteiger partial charge in [-0.15, -0.1) is 0 Å². The van der Waals surface area contributed by atoms with E-state index in [1.807, 2.05) is 0 Å². The summed E-state index contributed by atoms with van der Waals surface area (Å²) in [5.74, 6) is -0.782. The monoisotopic (exact) mass is 248 g/mol. The number of hydrogen-bond donors (Lipinski definition) is 1. The van der Waals surface area contributed by atoms with Gasteiger partial charge in [-0.25, -0.2) is 4.79 Å². The molecule has 1 N–H and O–H groups in total. The molecule has 0 heterocycles. The summed E-state index contributed by atoms with van der Waals surface area (Å²) < 4.78 is 0. The van der Waals surface area contributed by atoms with E-state index in [1.165, 1.54) is 0 Å². The van der Waals surface area contributed by atoms with Crippen LogP contribution in [0.4, 0.5) is 0 Å². The molecule has 3 nitrogen and oxygen atoms in total. The lowest BCUT2D eigenvalue weighted by Gasteiger charge is -2.06. The van der Waals surface area contributed by atoms with Crippen LogP contribution in [0.2, 0.25) is 5.02 Å². The molecule has 2 aromatic carbocycles. The Morgan fingerprint density at radius 2 is 1.71 bits per heavy atom. The minimum Gasteiger partial charge on any atom is -0.295 e. The van der Waals surface area contributed by atoms with Gasteiger partial charge in [0.05, 0.1) is 5.56 Å². The van der Waals surface area contributed by atoms with Crippen LogP contribution < -0.4 is 0 Å². The van der Waals surface area contributed by atoms with E-state index < -0.39 is 5.97 Å². The topological polar surface area (TPSA) is 46.5 Å². The SMILES string of the molecule is O=C(OO)c1ccccc1-c1ccc(Cl)cc1. The highest BCUT2D eigenvalue weighted by Crippen LogP contribution is 2.25. The average molecular weight is 249 g/mol. The summed E-state index contributed by atoms with van der Waals surface area (Å²) in [5, 5.41) is 9.05. The van der Waals surface area contributed by atoms with Gasteiger partial charge in [0.1, 0.15) is 0 Å². The average Bonchev–Trinajstić information content (AvgIpc) is 2.39. The van der Waals surface area contributed by atoms with E-state index >= 15 is 0 Å². The molecule has 0 amide bonds. The standard InChI is InChI=1S/C13H9ClO3/c14-10-7-5-9(6-8-10)11-3-1-2-4-12(11)13(15)17-16/h1-8,16H. The summed E-state index contributed by atoms with van der Waals surface area (Å²) in [7, 11) is 0. The number of carbonyl (C=O) groups is 1. The normalized spacial score (nSPS) is 10.0. The fourth-order valence-electron chi connectivity index (χ4n) is 1.59. The molecule has 0 fully saturated rings. The molecule has 0 saturated carbocycles. The third-order valence-corrected chi connectivity index (χ3v) is 2.64. The Hall–Kier alpha value is -1.84. The Bertz CT molecular complexity index is 535. The summed E-state index contributed by atoms with van der Waals surface area (Å²) in [6.45, 7) is 0. The van der Waals surface area contributed by atoms with Crippen molar-refractivity contribution >= 4 is 17.6 Å². The van der Waals surface area contributed by atoms with Crippen LogP contribution >= 0.6 is 11.6 Å². The first kappa shape index (κ1) is 11.6. The Kier molecular flexibility index (Phi) is 3.42. The zero-order chi connectivity index (χ0) is 12.3. The summed E-state index contributed by atoms with van der Waals surface area (Å²) in [4.78, 5) is 15.1. The number of hydrogen-bond acceptors (Lipinski definition) is 3. The van der Waals surface area contributed by atoms with Crippen molar-refractivity contribution in [3.63, 3.8) is 0 Å². The van der Waals surface area contributed by atoms with Crippen molar-refractivity contribution in [2.24, 2.45) is 0 Å². The quantitative estimate of drug-likeness (QED) is 0.652. The largest absolute Gasteiger partial charge is 0.373 e. The molecule has 0 bridgehead atoms. The fraction of sp³-hybridized carbons (Fsp3) is 0. The molecule has 0 aliphatic heterocycles. The van der Waals surface area contributed by atoms with Gasteiger partial charge in [-0.2, -0.15) is 5.26 Å². The van der Waals surface area contributed by atoms with Crippen LogP contribution in [0.25, 0.3) is 11.1 Å². The van der Waals surface area contributed by atoms with Gasteiger partial charge < -0.3 is 0 Å². The van der Waals surface area contributed by atoms with Crippen LogP contribution in [0, 0.1) is 0 Å². The van der Waals surface area contributed by atoms with Crippen molar-refractivity contribution < 1.29 is 14.9 Å². The molecule has 0 atom stereocenters. The number of rotatable bonds is 2. The van der Waals surface area contributed by atoms with Crippen molar-refractivity contribution in [1.82, 2.24) is 0 Å². The Balaban J connectivity index is 2.51. The Morgan fingerprint density at radius 3 is 2.35 bits per heavy atom. The van der Waals surface area contributed by atoms with Crippen molar-refractivity contribution in [2.75, 3.05) is 0 Å². The summed E-state index contributed by atoms with van der Waals surface area (Å²) >= 11 is 5.80. The van der Waals surface area contributed by atoms with Crippen molar-refractivity contribution in [2.45, 2.75) is 0 Å². The fourth-order valence-corrected chi connectivity index (χ4v) is 1.72. The summed E-state index contributed by atoms with van der Waals surface area (Å²) in [6, 6.07) is 13.9. The van der Waals surface area contributed by atoms with Crippen molar-refractivity contribution in [3.05, 3.63) is 59.1 Å². The van der Waals surface area contributed by atoms with Gasteiger partial charge in [0.2, 0.25) is 0 Å². The molecule has 0 spiro atoms. The maximum absolute atomic E-state index is 11.4. The molecule has 0 radical (unpaired) electrons. The molecule has 4 heteroatoms. The van der Waals surface area contributed by atoms with E-state index in [9.17, 15) is 4.79 Å². The van der Waals surface area contributed by atoms with Crippen LogP contribution in [0.15, 0.2) is 48.5 Å². The highest BCUT2D eigenvalue weighted by molar-refractivity contribution is 6.30. The predicted octanol–water partition coefficient (Wildman–Crippen LogP) is 3.64. The third kappa shape index (κ3) is 2.46. The van der Waals surface area contributed by atoms with Crippen LogP contribution in [-0.2, 0) is 4.89 Å². The van der Waals surface area contributed by atoms with E-state index in [1.54, 1.807) is 48.5 Å². The third-order valence-electron chi connectivity index (χ3n) is 2.39. The van der Waals surface area contributed by atoms with Gasteiger partial charge in [0.25, 0.3) is 0 Å².